The number of hydrogen-bond acceptors (Lipinski definition) is 2. The molecule has 0 amide bonds. The Bertz CT molecular complexity index is 557. The minimum atomic E-state index is -0.825. The Morgan fingerprint density at radius 3 is 2.53 bits per heavy atom. The fourth-order valence-electron chi connectivity index (χ4n) is 1.85. The molecule has 2 rings (SSSR count). The van der Waals surface area contributed by atoms with Crippen LogP contribution in [0, 0.1) is 0 Å². The molecule has 0 aliphatic rings. The highest BCUT2D eigenvalue weighted by molar-refractivity contribution is 9.10. The van der Waals surface area contributed by atoms with Gasteiger partial charge < -0.3 is 10.4 Å². The Hall–Kier alpha value is -1.81. The maximum atomic E-state index is 11.3. The lowest BCUT2D eigenvalue weighted by Gasteiger charge is -2.14. The quantitative estimate of drug-likeness (QED) is 0.882. The molecule has 0 saturated carbocycles. The number of halogens is 1. The predicted octanol–water partition coefficient (Wildman–Crippen LogP) is 3.73. The standard InChI is InChI=1S/C15H14BrNO2/c16-12-7-4-8-13(9-12)17-10-14(15(18)19)11-5-2-1-3-6-11/h1-9,14,17H,10H2,(H,18,19). The highest BCUT2D eigenvalue weighted by Crippen LogP contribution is 2.19. The first-order chi connectivity index (χ1) is 9.16. The maximum absolute atomic E-state index is 11.3. The Balaban J connectivity index is 2.08. The molecule has 98 valence electrons. The molecule has 2 aromatic carbocycles. The van der Waals surface area contributed by atoms with Crippen molar-refractivity contribution >= 4 is 27.6 Å². The van der Waals surface area contributed by atoms with E-state index in [-0.39, 0.29) is 0 Å². The van der Waals surface area contributed by atoms with Gasteiger partial charge in [-0.3, -0.25) is 4.79 Å². The third-order valence-corrected chi connectivity index (χ3v) is 3.33. The smallest absolute Gasteiger partial charge is 0.312 e. The number of benzene rings is 2. The van der Waals surface area contributed by atoms with Crippen LogP contribution in [0.1, 0.15) is 11.5 Å². The van der Waals surface area contributed by atoms with Crippen molar-refractivity contribution in [3.8, 4) is 0 Å². The molecule has 19 heavy (non-hydrogen) atoms. The summed E-state index contributed by atoms with van der Waals surface area (Å²) >= 11 is 3.39. The van der Waals surface area contributed by atoms with Gasteiger partial charge in [0, 0.05) is 16.7 Å². The van der Waals surface area contributed by atoms with Gasteiger partial charge in [0.05, 0.1) is 5.92 Å². The van der Waals surface area contributed by atoms with Gasteiger partial charge >= 0.3 is 5.97 Å². The van der Waals surface area contributed by atoms with Crippen LogP contribution in [0.15, 0.2) is 59.1 Å². The summed E-state index contributed by atoms with van der Waals surface area (Å²) in [7, 11) is 0. The second kappa shape index (κ2) is 6.38. The highest BCUT2D eigenvalue weighted by Gasteiger charge is 2.19. The van der Waals surface area contributed by atoms with Gasteiger partial charge in [0.1, 0.15) is 0 Å². The van der Waals surface area contributed by atoms with Gasteiger partial charge in [0.2, 0.25) is 0 Å². The summed E-state index contributed by atoms with van der Waals surface area (Å²) < 4.78 is 0.962. The average Bonchev–Trinajstić information content (AvgIpc) is 2.40. The van der Waals surface area contributed by atoms with Gasteiger partial charge in [0.25, 0.3) is 0 Å². The largest absolute Gasteiger partial charge is 0.481 e. The maximum Gasteiger partial charge on any atom is 0.312 e. The van der Waals surface area contributed by atoms with E-state index in [1.807, 2.05) is 54.6 Å². The second-order valence-electron chi connectivity index (χ2n) is 4.19. The summed E-state index contributed by atoms with van der Waals surface area (Å²) in [5.41, 5.74) is 1.70. The van der Waals surface area contributed by atoms with E-state index < -0.39 is 11.9 Å². The van der Waals surface area contributed by atoms with Gasteiger partial charge in [0.15, 0.2) is 0 Å². The van der Waals surface area contributed by atoms with Crippen molar-refractivity contribution < 1.29 is 9.90 Å². The summed E-state index contributed by atoms with van der Waals surface area (Å²) in [5.74, 6) is -1.38. The number of nitrogens with one attached hydrogen (secondary N) is 1. The Morgan fingerprint density at radius 1 is 1.16 bits per heavy atom. The molecule has 0 aliphatic carbocycles. The SMILES string of the molecule is O=C(O)C(CNc1cccc(Br)c1)c1ccccc1. The number of rotatable bonds is 5. The fourth-order valence-corrected chi connectivity index (χ4v) is 2.25. The van der Waals surface area contributed by atoms with Crippen LogP contribution >= 0.6 is 15.9 Å². The van der Waals surface area contributed by atoms with E-state index >= 15 is 0 Å². The number of hydrogen-bond donors (Lipinski definition) is 2. The van der Waals surface area contributed by atoms with Crippen molar-refractivity contribution in [2.75, 3.05) is 11.9 Å². The predicted molar refractivity (Wildman–Crippen MR) is 79.5 cm³/mol. The summed E-state index contributed by atoms with van der Waals surface area (Å²) in [4.78, 5) is 11.3. The first-order valence-corrected chi connectivity index (χ1v) is 6.73. The van der Waals surface area contributed by atoms with Crippen molar-refractivity contribution in [2.24, 2.45) is 0 Å². The minimum Gasteiger partial charge on any atom is -0.481 e. The molecule has 1 unspecified atom stereocenters. The highest BCUT2D eigenvalue weighted by atomic mass is 79.9. The molecule has 0 aliphatic heterocycles. The zero-order valence-corrected chi connectivity index (χ0v) is 11.8. The zero-order valence-electron chi connectivity index (χ0n) is 10.2. The molecular formula is C15H14BrNO2. The van der Waals surface area contributed by atoms with Crippen molar-refractivity contribution in [1.82, 2.24) is 0 Å². The number of anilines is 1. The van der Waals surface area contributed by atoms with Gasteiger partial charge in [-0.1, -0.05) is 52.3 Å². The molecule has 0 radical (unpaired) electrons. The van der Waals surface area contributed by atoms with Crippen LogP contribution in [0.2, 0.25) is 0 Å². The fraction of sp³-hybridized carbons (Fsp3) is 0.133. The van der Waals surface area contributed by atoms with E-state index in [2.05, 4.69) is 21.2 Å². The molecule has 4 heteroatoms. The minimum absolute atomic E-state index is 0.357. The lowest BCUT2D eigenvalue weighted by molar-refractivity contribution is -0.138. The number of carboxylic acid groups (broad SMARTS) is 1. The first-order valence-electron chi connectivity index (χ1n) is 5.94. The molecular weight excluding hydrogens is 306 g/mol. The third-order valence-electron chi connectivity index (χ3n) is 2.83. The topological polar surface area (TPSA) is 49.3 Å². The number of carboxylic acids is 1. The summed E-state index contributed by atoms with van der Waals surface area (Å²) in [6.45, 7) is 0.357. The number of carbonyl (C=O) groups is 1. The molecule has 0 heterocycles. The molecule has 0 fully saturated rings. The van der Waals surface area contributed by atoms with Crippen LogP contribution < -0.4 is 5.32 Å². The van der Waals surface area contributed by atoms with Gasteiger partial charge in [-0.05, 0) is 23.8 Å². The first kappa shape index (κ1) is 13.6. The zero-order chi connectivity index (χ0) is 13.7. The van der Waals surface area contributed by atoms with E-state index in [0.29, 0.717) is 6.54 Å². The average molecular weight is 320 g/mol. The molecule has 2 N–H and O–H groups in total. The molecule has 2 aromatic rings. The molecule has 0 aromatic heterocycles. The van der Waals surface area contributed by atoms with Crippen LogP contribution in [0.5, 0.6) is 0 Å². The Kier molecular flexibility index (Phi) is 4.58. The Labute approximate surface area is 120 Å². The summed E-state index contributed by atoms with van der Waals surface area (Å²) in [5, 5.41) is 12.5. The second-order valence-corrected chi connectivity index (χ2v) is 5.11. The van der Waals surface area contributed by atoms with E-state index in [9.17, 15) is 9.90 Å². The van der Waals surface area contributed by atoms with E-state index in [1.54, 1.807) is 0 Å². The number of aliphatic carboxylic acids is 1. The van der Waals surface area contributed by atoms with E-state index in [1.165, 1.54) is 0 Å². The normalized spacial score (nSPS) is 11.8. The Morgan fingerprint density at radius 2 is 1.89 bits per heavy atom. The molecule has 0 spiro atoms. The van der Waals surface area contributed by atoms with Crippen molar-refractivity contribution in [3.05, 3.63) is 64.6 Å². The van der Waals surface area contributed by atoms with Crippen molar-refractivity contribution in [3.63, 3.8) is 0 Å². The van der Waals surface area contributed by atoms with Gasteiger partial charge in [-0.15, -0.1) is 0 Å². The monoisotopic (exact) mass is 319 g/mol. The van der Waals surface area contributed by atoms with Gasteiger partial charge in [-0.25, -0.2) is 0 Å². The third kappa shape index (κ3) is 3.83. The van der Waals surface area contributed by atoms with Gasteiger partial charge in [-0.2, -0.15) is 0 Å². The van der Waals surface area contributed by atoms with Crippen LogP contribution in [0.3, 0.4) is 0 Å². The lowest BCUT2D eigenvalue weighted by Crippen LogP contribution is -2.20. The summed E-state index contributed by atoms with van der Waals surface area (Å²) in [6, 6.07) is 16.9. The van der Waals surface area contributed by atoms with Crippen molar-refractivity contribution in [2.45, 2.75) is 5.92 Å². The summed E-state index contributed by atoms with van der Waals surface area (Å²) in [6.07, 6.45) is 0. The van der Waals surface area contributed by atoms with Crippen LogP contribution in [-0.2, 0) is 4.79 Å². The molecule has 0 bridgehead atoms. The van der Waals surface area contributed by atoms with Crippen LogP contribution in [0.25, 0.3) is 0 Å². The van der Waals surface area contributed by atoms with Crippen LogP contribution in [0.4, 0.5) is 5.69 Å². The van der Waals surface area contributed by atoms with E-state index in [0.717, 1.165) is 15.7 Å². The molecule has 0 saturated heterocycles. The van der Waals surface area contributed by atoms with Crippen LogP contribution in [-0.4, -0.2) is 17.6 Å². The lowest BCUT2D eigenvalue weighted by atomic mass is 9.99. The molecule has 1 atom stereocenters. The molecule has 3 nitrogen and oxygen atoms in total. The van der Waals surface area contributed by atoms with E-state index in [4.69, 9.17) is 0 Å². The van der Waals surface area contributed by atoms with Crippen molar-refractivity contribution in [1.29, 1.82) is 0 Å².